The maximum absolute atomic E-state index is 14.9. The Labute approximate surface area is 181 Å². The number of nitrogens with one attached hydrogen (secondary N) is 1. The van der Waals surface area contributed by atoms with Crippen molar-refractivity contribution in [3.05, 3.63) is 58.2 Å². The highest BCUT2D eigenvalue weighted by Gasteiger charge is 2.55. The van der Waals surface area contributed by atoms with Crippen molar-refractivity contribution in [1.82, 2.24) is 20.4 Å². The lowest BCUT2D eigenvalue weighted by molar-refractivity contribution is 0.0106. The third-order valence-corrected chi connectivity index (χ3v) is 6.21. The number of hydrogen-bond acceptors (Lipinski definition) is 6. The van der Waals surface area contributed by atoms with Crippen LogP contribution >= 0.6 is 23.2 Å². The summed E-state index contributed by atoms with van der Waals surface area (Å²) in [6, 6.07) is 3.50. The minimum Gasteiger partial charge on any atom is -0.445 e. The molecule has 160 valence electrons. The average Bonchev–Trinajstić information content (AvgIpc) is 3.33. The maximum Gasteiger partial charge on any atom is 0.410 e. The molecule has 2 aliphatic heterocycles. The van der Waals surface area contributed by atoms with Crippen molar-refractivity contribution in [1.29, 1.82) is 0 Å². The zero-order valence-corrected chi connectivity index (χ0v) is 17.2. The molecule has 30 heavy (non-hydrogen) atoms. The summed E-state index contributed by atoms with van der Waals surface area (Å²) in [6.45, 7) is 5.44. The number of hydrogen-bond donors (Lipinski definition) is 1. The zero-order valence-electron chi connectivity index (χ0n) is 15.7. The molecule has 1 aromatic heterocycles. The number of aromatic nitrogens is 2. The summed E-state index contributed by atoms with van der Waals surface area (Å²) >= 11 is 11.7. The summed E-state index contributed by atoms with van der Waals surface area (Å²) in [7, 11) is 0. The van der Waals surface area contributed by atoms with Crippen LogP contribution in [0.4, 0.5) is 13.6 Å². The molecule has 4 rings (SSSR count). The summed E-state index contributed by atoms with van der Waals surface area (Å²) in [5.41, 5.74) is -0.774. The fraction of sp³-hybridized carbons (Fsp3) is 0.421. The summed E-state index contributed by atoms with van der Waals surface area (Å²) in [4.78, 5) is 13.8. The number of ether oxygens (including phenoxy) is 1. The van der Waals surface area contributed by atoms with Gasteiger partial charge in [-0.3, -0.25) is 0 Å². The molecule has 2 aromatic rings. The number of carbonyl (C=O) groups excluding carboxylic acids is 1. The molecule has 0 aliphatic carbocycles. The molecular weight excluding hydrogens is 441 g/mol. The predicted molar refractivity (Wildman–Crippen MR) is 105 cm³/mol. The Hall–Kier alpha value is -2.23. The number of benzene rings is 1. The Bertz CT molecular complexity index is 980. The van der Waals surface area contributed by atoms with E-state index < -0.39 is 23.5 Å². The molecule has 2 fully saturated rings. The highest BCUT2D eigenvalue weighted by molar-refractivity contribution is 6.42. The second-order valence-electron chi connectivity index (χ2n) is 7.41. The molecule has 0 radical (unpaired) electrons. The van der Waals surface area contributed by atoms with Crippen LogP contribution in [0.3, 0.4) is 0 Å². The van der Waals surface area contributed by atoms with Gasteiger partial charge in [0, 0.05) is 37.2 Å². The van der Waals surface area contributed by atoms with Crippen LogP contribution in [0.5, 0.6) is 0 Å². The smallest absolute Gasteiger partial charge is 0.410 e. The van der Waals surface area contributed by atoms with Crippen molar-refractivity contribution in [2.45, 2.75) is 11.8 Å². The van der Waals surface area contributed by atoms with Gasteiger partial charge >= 0.3 is 12.0 Å². The van der Waals surface area contributed by atoms with Gasteiger partial charge in [0.25, 0.3) is 5.89 Å². The van der Waals surface area contributed by atoms with Crippen LogP contribution in [-0.4, -0.2) is 54.0 Å². The van der Waals surface area contributed by atoms with Gasteiger partial charge in [0.1, 0.15) is 6.61 Å². The van der Waals surface area contributed by atoms with E-state index in [1.54, 1.807) is 0 Å². The van der Waals surface area contributed by atoms with E-state index in [9.17, 15) is 13.6 Å². The first-order valence-electron chi connectivity index (χ1n) is 9.17. The molecule has 1 N–H and O–H groups in total. The highest BCUT2D eigenvalue weighted by atomic mass is 35.5. The van der Waals surface area contributed by atoms with E-state index in [0.29, 0.717) is 19.6 Å². The van der Waals surface area contributed by atoms with Gasteiger partial charge in [0.2, 0.25) is 5.89 Å². The largest absolute Gasteiger partial charge is 0.445 e. The van der Waals surface area contributed by atoms with Crippen molar-refractivity contribution >= 4 is 29.3 Å². The van der Waals surface area contributed by atoms with E-state index in [4.69, 9.17) is 32.4 Å². The highest BCUT2D eigenvalue weighted by Crippen LogP contribution is 2.46. The van der Waals surface area contributed by atoms with Crippen LogP contribution in [0.2, 0.25) is 10.0 Å². The van der Waals surface area contributed by atoms with E-state index in [1.165, 1.54) is 17.0 Å². The summed E-state index contributed by atoms with van der Waals surface area (Å²) in [6.07, 6.45) is 0.978. The summed E-state index contributed by atoms with van der Waals surface area (Å²) in [5, 5.41) is 10.8. The Morgan fingerprint density at radius 1 is 1.40 bits per heavy atom. The average molecular weight is 459 g/mol. The molecule has 1 amide bonds. The van der Waals surface area contributed by atoms with Gasteiger partial charge in [-0.25, -0.2) is 4.79 Å². The maximum atomic E-state index is 14.9. The van der Waals surface area contributed by atoms with Gasteiger partial charge in [0.05, 0.1) is 16.0 Å². The molecule has 2 aliphatic rings. The van der Waals surface area contributed by atoms with Gasteiger partial charge in [-0.2, -0.15) is 8.78 Å². The lowest BCUT2D eigenvalue weighted by Gasteiger charge is -2.42. The Balaban J connectivity index is 1.58. The molecule has 3 heterocycles. The second-order valence-corrected chi connectivity index (χ2v) is 8.23. The monoisotopic (exact) mass is 458 g/mol. The minimum atomic E-state index is -3.55. The van der Waals surface area contributed by atoms with Crippen LogP contribution in [0.25, 0.3) is 0 Å². The number of amides is 1. The Morgan fingerprint density at radius 3 is 2.80 bits per heavy atom. The number of rotatable bonds is 5. The lowest BCUT2D eigenvalue weighted by atomic mass is 9.73. The van der Waals surface area contributed by atoms with Crippen LogP contribution in [-0.2, 0) is 10.7 Å². The van der Waals surface area contributed by atoms with Crippen LogP contribution in [0, 0.1) is 5.41 Å². The molecule has 0 bridgehead atoms. The molecule has 2 saturated heterocycles. The molecule has 1 aromatic carbocycles. The minimum absolute atomic E-state index is 0.00227. The third kappa shape index (κ3) is 3.55. The fourth-order valence-corrected chi connectivity index (χ4v) is 4.09. The second kappa shape index (κ2) is 7.79. The van der Waals surface area contributed by atoms with E-state index in [1.807, 2.05) is 0 Å². The first-order chi connectivity index (χ1) is 14.3. The first-order valence-corrected chi connectivity index (χ1v) is 9.93. The van der Waals surface area contributed by atoms with Crippen molar-refractivity contribution in [3.63, 3.8) is 0 Å². The number of likely N-dealkylation sites (tertiary alicyclic amines) is 1. The lowest BCUT2D eigenvalue weighted by Crippen LogP contribution is -2.57. The van der Waals surface area contributed by atoms with Gasteiger partial charge in [-0.1, -0.05) is 41.9 Å². The van der Waals surface area contributed by atoms with E-state index in [-0.39, 0.29) is 40.4 Å². The summed E-state index contributed by atoms with van der Waals surface area (Å²) < 4.78 is 40.4. The number of alkyl halides is 2. The van der Waals surface area contributed by atoms with Crippen LogP contribution in [0.1, 0.15) is 23.3 Å². The number of halogens is 4. The van der Waals surface area contributed by atoms with Crippen LogP contribution in [0.15, 0.2) is 35.3 Å². The van der Waals surface area contributed by atoms with Crippen molar-refractivity contribution in [2.75, 3.05) is 32.8 Å². The van der Waals surface area contributed by atoms with Crippen molar-refractivity contribution < 1.29 is 22.7 Å². The Kier molecular flexibility index (Phi) is 5.46. The molecule has 1 atom stereocenters. The van der Waals surface area contributed by atoms with Gasteiger partial charge in [-0.05, 0) is 12.1 Å². The quantitative estimate of drug-likeness (QED) is 0.685. The van der Waals surface area contributed by atoms with Gasteiger partial charge in [0.15, 0.2) is 0 Å². The van der Waals surface area contributed by atoms with E-state index in [2.05, 4.69) is 22.1 Å². The molecular formula is C19H18Cl2F2N4O3. The number of carbonyl (C=O) groups is 1. The van der Waals surface area contributed by atoms with Crippen molar-refractivity contribution in [2.24, 2.45) is 5.41 Å². The normalized spacial score (nSPS) is 20.3. The van der Waals surface area contributed by atoms with Gasteiger partial charge in [-0.15, -0.1) is 10.2 Å². The predicted octanol–water partition coefficient (Wildman–Crippen LogP) is 3.83. The van der Waals surface area contributed by atoms with Gasteiger partial charge < -0.3 is 19.4 Å². The third-order valence-electron chi connectivity index (χ3n) is 5.47. The SMILES string of the molecule is C=CCOC(=O)N1CC(c2nnc(C(F)(F)c3ccc(Cl)c(Cl)c3)o2)C2(CNC2)C1. The molecule has 0 saturated carbocycles. The standard InChI is InChI=1S/C19H18Cl2F2N4O3/c1-2-5-29-17(28)27-7-12(18(10-27)8-24-9-18)15-25-26-16(30-15)19(22,23)11-3-4-13(20)14(21)6-11/h2-4,6,12,24H,1,5,7-10H2. The fourth-order valence-electron chi connectivity index (χ4n) is 3.79. The molecule has 1 spiro atoms. The number of nitrogens with zero attached hydrogens (tertiary/aromatic N) is 3. The van der Waals surface area contributed by atoms with Crippen LogP contribution < -0.4 is 5.32 Å². The van der Waals surface area contributed by atoms with E-state index in [0.717, 1.165) is 12.1 Å². The Morgan fingerprint density at radius 2 is 2.17 bits per heavy atom. The molecule has 7 nitrogen and oxygen atoms in total. The zero-order chi connectivity index (χ0) is 21.5. The first kappa shape index (κ1) is 21.0. The van der Waals surface area contributed by atoms with Crippen molar-refractivity contribution in [3.8, 4) is 0 Å². The topological polar surface area (TPSA) is 80.5 Å². The summed E-state index contributed by atoms with van der Waals surface area (Å²) in [5.74, 6) is -4.72. The molecule has 11 heteroatoms. The molecule has 1 unspecified atom stereocenters. The van der Waals surface area contributed by atoms with E-state index >= 15 is 0 Å².